The number of hydrogen-bond acceptors (Lipinski definition) is 1. The minimum Gasteiger partial charge on any atom is -0.367 e. The molecule has 0 aliphatic carbocycles. The third-order valence-corrected chi connectivity index (χ3v) is 2.13. The summed E-state index contributed by atoms with van der Waals surface area (Å²) in [6.07, 6.45) is -4.34. The van der Waals surface area contributed by atoms with Crippen LogP contribution in [0.25, 0.3) is 0 Å². The van der Waals surface area contributed by atoms with Crippen molar-refractivity contribution >= 4 is 15.9 Å². The summed E-state index contributed by atoms with van der Waals surface area (Å²) in [5.74, 6) is -0.463. The number of benzene rings is 1. The van der Waals surface area contributed by atoms with Crippen molar-refractivity contribution in [1.29, 1.82) is 0 Å². The maximum absolute atomic E-state index is 12.7. The summed E-state index contributed by atoms with van der Waals surface area (Å²) >= 11 is 2.92. The van der Waals surface area contributed by atoms with Crippen molar-refractivity contribution in [2.75, 3.05) is 6.61 Å². The molecule has 0 bridgehead atoms. The molecule has 0 spiro atoms. The van der Waals surface area contributed by atoms with Gasteiger partial charge in [-0.2, -0.15) is 13.2 Å². The summed E-state index contributed by atoms with van der Waals surface area (Å²) in [6, 6.07) is 3.92. The Morgan fingerprint density at radius 3 is 2.47 bits per heavy atom. The molecule has 1 rings (SSSR count). The van der Waals surface area contributed by atoms with E-state index in [4.69, 9.17) is 0 Å². The van der Waals surface area contributed by atoms with Crippen molar-refractivity contribution in [3.63, 3.8) is 0 Å². The van der Waals surface area contributed by atoms with Gasteiger partial charge in [-0.05, 0) is 33.6 Å². The monoisotopic (exact) mass is 286 g/mol. The zero-order chi connectivity index (χ0) is 11.5. The first kappa shape index (κ1) is 12.4. The van der Waals surface area contributed by atoms with E-state index in [1.54, 1.807) is 0 Å². The van der Waals surface area contributed by atoms with E-state index in [0.717, 1.165) is 6.07 Å². The molecule has 0 aliphatic rings. The standard InChI is InChI=1S/C9H7BrF4O/c10-7-3-6(1-2-8(7)11)4-15-5-9(12,13)14/h1-3H,4-5H2. The van der Waals surface area contributed by atoms with E-state index in [1.165, 1.54) is 12.1 Å². The first-order valence-corrected chi connectivity index (χ1v) is 4.76. The fraction of sp³-hybridized carbons (Fsp3) is 0.333. The number of hydrogen-bond donors (Lipinski definition) is 0. The lowest BCUT2D eigenvalue weighted by atomic mass is 10.2. The largest absolute Gasteiger partial charge is 0.411 e. The van der Waals surface area contributed by atoms with Crippen LogP contribution in [0.15, 0.2) is 22.7 Å². The molecular formula is C9H7BrF4O. The van der Waals surface area contributed by atoms with Crippen LogP contribution in [0, 0.1) is 5.82 Å². The third kappa shape index (κ3) is 4.61. The lowest BCUT2D eigenvalue weighted by Crippen LogP contribution is -2.16. The Bertz CT molecular complexity index is 337. The molecule has 1 aromatic carbocycles. The quantitative estimate of drug-likeness (QED) is 0.771. The van der Waals surface area contributed by atoms with E-state index >= 15 is 0 Å². The van der Waals surface area contributed by atoms with E-state index in [-0.39, 0.29) is 11.1 Å². The van der Waals surface area contributed by atoms with E-state index in [0.29, 0.717) is 5.56 Å². The normalized spacial score (nSPS) is 11.8. The van der Waals surface area contributed by atoms with Gasteiger partial charge in [-0.1, -0.05) is 6.07 Å². The maximum atomic E-state index is 12.7. The molecule has 0 amide bonds. The highest BCUT2D eigenvalue weighted by molar-refractivity contribution is 9.10. The molecule has 0 saturated heterocycles. The summed E-state index contributed by atoms with van der Waals surface area (Å²) in [7, 11) is 0. The van der Waals surface area contributed by atoms with Crippen molar-refractivity contribution in [2.45, 2.75) is 12.8 Å². The SMILES string of the molecule is Fc1ccc(COCC(F)(F)F)cc1Br. The fourth-order valence-corrected chi connectivity index (χ4v) is 1.34. The van der Waals surface area contributed by atoms with Crippen LogP contribution in [0.3, 0.4) is 0 Å². The van der Waals surface area contributed by atoms with Gasteiger partial charge < -0.3 is 4.74 Å². The predicted octanol–water partition coefficient (Wildman–Crippen LogP) is 3.67. The summed E-state index contributed by atoms with van der Waals surface area (Å²) in [5.41, 5.74) is 0.479. The first-order chi connectivity index (χ1) is 6.88. The molecule has 0 aromatic heterocycles. The lowest BCUT2D eigenvalue weighted by molar-refractivity contribution is -0.176. The highest BCUT2D eigenvalue weighted by Gasteiger charge is 2.27. The summed E-state index contributed by atoms with van der Waals surface area (Å²) in [6.45, 7) is -1.50. The average molecular weight is 287 g/mol. The van der Waals surface area contributed by atoms with Crippen molar-refractivity contribution in [1.82, 2.24) is 0 Å². The minimum absolute atomic E-state index is 0.196. The van der Waals surface area contributed by atoms with E-state index in [1.807, 2.05) is 0 Å². The van der Waals surface area contributed by atoms with Crippen molar-refractivity contribution in [3.8, 4) is 0 Å². The molecule has 0 radical (unpaired) electrons. The molecule has 0 heterocycles. The first-order valence-electron chi connectivity index (χ1n) is 3.97. The number of halogens is 5. The van der Waals surface area contributed by atoms with Gasteiger partial charge in [0, 0.05) is 0 Å². The van der Waals surface area contributed by atoms with Crippen LogP contribution < -0.4 is 0 Å². The lowest BCUT2D eigenvalue weighted by Gasteiger charge is -2.07. The van der Waals surface area contributed by atoms with Crippen LogP contribution >= 0.6 is 15.9 Å². The zero-order valence-corrected chi connectivity index (χ0v) is 9.03. The van der Waals surface area contributed by atoms with Gasteiger partial charge in [0.25, 0.3) is 0 Å². The van der Waals surface area contributed by atoms with Gasteiger partial charge in [-0.3, -0.25) is 0 Å². The minimum atomic E-state index is -4.34. The van der Waals surface area contributed by atoms with Crippen LogP contribution in [-0.2, 0) is 11.3 Å². The van der Waals surface area contributed by atoms with Gasteiger partial charge in [0.2, 0.25) is 0 Å². The van der Waals surface area contributed by atoms with Gasteiger partial charge in [-0.15, -0.1) is 0 Å². The van der Waals surface area contributed by atoms with Crippen molar-refractivity contribution < 1.29 is 22.3 Å². The topological polar surface area (TPSA) is 9.23 Å². The Morgan fingerprint density at radius 1 is 1.27 bits per heavy atom. The summed E-state index contributed by atoms with van der Waals surface area (Å²) in [5, 5.41) is 0. The average Bonchev–Trinajstić information content (AvgIpc) is 2.09. The molecule has 0 aliphatic heterocycles. The van der Waals surface area contributed by atoms with Gasteiger partial charge in [-0.25, -0.2) is 4.39 Å². The Hall–Kier alpha value is -0.620. The maximum Gasteiger partial charge on any atom is 0.411 e. The molecule has 15 heavy (non-hydrogen) atoms. The predicted molar refractivity (Wildman–Crippen MR) is 49.8 cm³/mol. The number of ether oxygens (including phenoxy) is 1. The Balaban J connectivity index is 2.48. The Labute approximate surface area is 92.2 Å². The molecule has 0 N–H and O–H groups in total. The van der Waals surface area contributed by atoms with Crippen molar-refractivity contribution in [2.24, 2.45) is 0 Å². The summed E-state index contributed by atoms with van der Waals surface area (Å²) < 4.78 is 52.5. The number of alkyl halides is 3. The molecule has 0 unspecified atom stereocenters. The van der Waals surface area contributed by atoms with Crippen LogP contribution in [-0.4, -0.2) is 12.8 Å². The van der Waals surface area contributed by atoms with E-state index in [9.17, 15) is 17.6 Å². The fourth-order valence-electron chi connectivity index (χ4n) is 0.914. The van der Waals surface area contributed by atoms with Crippen LogP contribution in [0.4, 0.5) is 17.6 Å². The second kappa shape index (κ2) is 4.94. The smallest absolute Gasteiger partial charge is 0.367 e. The highest BCUT2D eigenvalue weighted by Crippen LogP contribution is 2.19. The number of rotatable bonds is 3. The van der Waals surface area contributed by atoms with Crippen LogP contribution in [0.2, 0.25) is 0 Å². The van der Waals surface area contributed by atoms with Gasteiger partial charge >= 0.3 is 6.18 Å². The van der Waals surface area contributed by atoms with E-state index < -0.39 is 18.6 Å². The molecule has 0 saturated carbocycles. The van der Waals surface area contributed by atoms with Crippen LogP contribution in [0.1, 0.15) is 5.56 Å². The Kier molecular flexibility index (Phi) is 4.10. The second-order valence-corrected chi connectivity index (χ2v) is 3.71. The molecular weight excluding hydrogens is 280 g/mol. The molecule has 0 atom stereocenters. The molecule has 1 nitrogen and oxygen atoms in total. The third-order valence-electron chi connectivity index (χ3n) is 1.52. The highest BCUT2D eigenvalue weighted by atomic mass is 79.9. The molecule has 84 valence electrons. The summed E-state index contributed by atoms with van der Waals surface area (Å²) in [4.78, 5) is 0. The van der Waals surface area contributed by atoms with Crippen molar-refractivity contribution in [3.05, 3.63) is 34.1 Å². The van der Waals surface area contributed by atoms with Gasteiger partial charge in [0.05, 0.1) is 11.1 Å². The Morgan fingerprint density at radius 2 is 1.93 bits per heavy atom. The molecule has 0 fully saturated rings. The zero-order valence-electron chi connectivity index (χ0n) is 7.44. The molecule has 1 aromatic rings. The van der Waals surface area contributed by atoms with Crippen LogP contribution in [0.5, 0.6) is 0 Å². The second-order valence-electron chi connectivity index (χ2n) is 2.86. The van der Waals surface area contributed by atoms with E-state index in [2.05, 4.69) is 20.7 Å². The molecule has 6 heteroatoms. The van der Waals surface area contributed by atoms with Gasteiger partial charge in [0.1, 0.15) is 12.4 Å². The van der Waals surface area contributed by atoms with Gasteiger partial charge in [0.15, 0.2) is 0 Å².